The molecule has 0 saturated carbocycles. The number of esters is 1. The maximum absolute atomic E-state index is 12.7. The Kier molecular flexibility index (Phi) is 5.40. The first-order chi connectivity index (χ1) is 13.0. The normalized spacial score (nSPS) is 18.9. The van der Waals surface area contributed by atoms with Crippen LogP contribution in [0.5, 0.6) is 5.75 Å². The number of imide groups is 1. The van der Waals surface area contributed by atoms with Gasteiger partial charge in [0.15, 0.2) is 0 Å². The molecule has 1 saturated heterocycles. The smallest absolute Gasteiger partial charge is 0.326 e. The van der Waals surface area contributed by atoms with Gasteiger partial charge in [-0.1, -0.05) is 48.5 Å². The lowest BCUT2D eigenvalue weighted by atomic mass is 9.92. The van der Waals surface area contributed by atoms with Crippen molar-refractivity contribution in [1.82, 2.24) is 10.2 Å². The van der Waals surface area contributed by atoms with E-state index in [0.717, 1.165) is 4.90 Å². The molecule has 7 heteroatoms. The van der Waals surface area contributed by atoms with E-state index in [-0.39, 0.29) is 13.2 Å². The maximum Gasteiger partial charge on any atom is 0.326 e. The molecule has 0 aliphatic carbocycles. The number of hydrogen-bond donors (Lipinski definition) is 1. The van der Waals surface area contributed by atoms with Gasteiger partial charge < -0.3 is 14.8 Å². The van der Waals surface area contributed by atoms with Crippen LogP contribution in [0.2, 0.25) is 0 Å². The Bertz CT molecular complexity index is 825. The van der Waals surface area contributed by atoms with Crippen LogP contribution < -0.4 is 10.1 Å². The third kappa shape index (κ3) is 4.08. The first-order valence-corrected chi connectivity index (χ1v) is 8.54. The predicted octanol–water partition coefficient (Wildman–Crippen LogP) is 2.08. The highest BCUT2D eigenvalue weighted by molar-refractivity contribution is 6.08. The second-order valence-corrected chi connectivity index (χ2v) is 6.19. The van der Waals surface area contributed by atoms with Crippen LogP contribution in [0.1, 0.15) is 12.5 Å². The summed E-state index contributed by atoms with van der Waals surface area (Å²) in [5, 5.41) is 2.65. The Morgan fingerprint density at radius 3 is 2.30 bits per heavy atom. The highest BCUT2D eigenvalue weighted by atomic mass is 16.6. The van der Waals surface area contributed by atoms with Crippen LogP contribution in [0, 0.1) is 0 Å². The second-order valence-electron chi connectivity index (χ2n) is 6.19. The lowest BCUT2D eigenvalue weighted by Crippen LogP contribution is -2.41. The average molecular weight is 368 g/mol. The minimum Gasteiger partial charge on any atom is -0.490 e. The van der Waals surface area contributed by atoms with Gasteiger partial charge in [-0.2, -0.15) is 0 Å². The van der Waals surface area contributed by atoms with Gasteiger partial charge in [-0.3, -0.25) is 14.5 Å². The van der Waals surface area contributed by atoms with Crippen LogP contribution >= 0.6 is 0 Å². The summed E-state index contributed by atoms with van der Waals surface area (Å²) in [6.45, 7) is 1.37. The molecule has 2 aromatic carbocycles. The molecule has 0 spiro atoms. The van der Waals surface area contributed by atoms with Crippen LogP contribution in [-0.2, 0) is 19.9 Å². The lowest BCUT2D eigenvalue weighted by molar-refractivity contribution is -0.148. The fourth-order valence-electron chi connectivity index (χ4n) is 2.81. The van der Waals surface area contributed by atoms with E-state index >= 15 is 0 Å². The summed E-state index contributed by atoms with van der Waals surface area (Å²) in [4.78, 5) is 37.8. The molecule has 1 fully saturated rings. The second kappa shape index (κ2) is 7.90. The van der Waals surface area contributed by atoms with E-state index in [2.05, 4.69) is 5.32 Å². The number of nitrogens with zero attached hydrogens (tertiary/aromatic N) is 1. The molecule has 0 unspecified atom stereocenters. The quantitative estimate of drug-likeness (QED) is 0.459. The van der Waals surface area contributed by atoms with Crippen molar-refractivity contribution in [2.24, 2.45) is 0 Å². The van der Waals surface area contributed by atoms with Gasteiger partial charge in [0.2, 0.25) is 0 Å². The minimum atomic E-state index is -1.20. The number of carbonyl (C=O) groups excluding carboxylic acids is 3. The Balaban J connectivity index is 1.52. The number of urea groups is 1. The summed E-state index contributed by atoms with van der Waals surface area (Å²) in [5.41, 5.74) is -0.551. The van der Waals surface area contributed by atoms with E-state index in [1.807, 2.05) is 24.3 Å². The van der Waals surface area contributed by atoms with Crippen molar-refractivity contribution in [3.05, 3.63) is 66.2 Å². The first-order valence-electron chi connectivity index (χ1n) is 8.54. The van der Waals surface area contributed by atoms with Gasteiger partial charge in [-0.25, -0.2) is 4.79 Å². The highest BCUT2D eigenvalue weighted by Gasteiger charge is 2.49. The van der Waals surface area contributed by atoms with Gasteiger partial charge in [-0.05, 0) is 24.6 Å². The Morgan fingerprint density at radius 2 is 1.63 bits per heavy atom. The number of ether oxygens (including phenoxy) is 2. The number of nitrogens with one attached hydrogen (secondary N) is 1. The molecule has 0 aromatic heterocycles. The molecule has 3 amide bonds. The van der Waals surface area contributed by atoms with Crippen LogP contribution in [0.25, 0.3) is 0 Å². The zero-order valence-corrected chi connectivity index (χ0v) is 14.9. The summed E-state index contributed by atoms with van der Waals surface area (Å²) in [6.07, 6.45) is 0. The van der Waals surface area contributed by atoms with Crippen molar-refractivity contribution in [3.8, 4) is 5.75 Å². The van der Waals surface area contributed by atoms with E-state index in [1.54, 1.807) is 43.3 Å². The Hall–Kier alpha value is -3.35. The molecular weight excluding hydrogens is 348 g/mol. The highest BCUT2D eigenvalue weighted by Crippen LogP contribution is 2.28. The van der Waals surface area contributed by atoms with E-state index in [4.69, 9.17) is 9.47 Å². The first kappa shape index (κ1) is 18.4. The monoisotopic (exact) mass is 368 g/mol. The fraction of sp³-hybridized carbons (Fsp3) is 0.250. The molecule has 1 heterocycles. The number of hydrogen-bond acceptors (Lipinski definition) is 5. The third-order valence-corrected chi connectivity index (χ3v) is 4.27. The summed E-state index contributed by atoms with van der Waals surface area (Å²) in [5.74, 6) is -0.495. The molecule has 2 aromatic rings. The van der Waals surface area contributed by atoms with Gasteiger partial charge in [-0.15, -0.1) is 0 Å². The molecule has 1 aliphatic rings. The molecule has 7 nitrogen and oxygen atoms in total. The number of para-hydroxylation sites is 1. The summed E-state index contributed by atoms with van der Waals surface area (Å²) in [7, 11) is 0. The standard InChI is InChI=1S/C20H20N2O5/c1-20(15-8-4-2-5-9-15)18(24)22(19(25)21-20)14-17(23)27-13-12-26-16-10-6-3-7-11-16/h2-11H,12-14H2,1H3,(H,21,25)/t20-/m1/s1. The third-order valence-electron chi connectivity index (χ3n) is 4.27. The molecule has 3 rings (SSSR count). The van der Waals surface area contributed by atoms with Crippen molar-refractivity contribution >= 4 is 17.9 Å². The topological polar surface area (TPSA) is 84.9 Å². The van der Waals surface area contributed by atoms with Crippen molar-refractivity contribution in [2.45, 2.75) is 12.5 Å². The van der Waals surface area contributed by atoms with E-state index in [9.17, 15) is 14.4 Å². The molecule has 27 heavy (non-hydrogen) atoms. The van der Waals surface area contributed by atoms with Crippen molar-refractivity contribution in [3.63, 3.8) is 0 Å². The van der Waals surface area contributed by atoms with Crippen LogP contribution in [0.4, 0.5) is 4.79 Å². The molecule has 1 aliphatic heterocycles. The largest absolute Gasteiger partial charge is 0.490 e. The molecular formula is C20H20N2O5. The fourth-order valence-corrected chi connectivity index (χ4v) is 2.81. The number of amides is 3. The molecule has 1 atom stereocenters. The van der Waals surface area contributed by atoms with Gasteiger partial charge in [0.25, 0.3) is 5.91 Å². The van der Waals surface area contributed by atoms with E-state index in [0.29, 0.717) is 11.3 Å². The zero-order chi connectivity index (χ0) is 19.3. The van der Waals surface area contributed by atoms with Gasteiger partial charge in [0, 0.05) is 0 Å². The number of benzene rings is 2. The summed E-state index contributed by atoms with van der Waals surface area (Å²) < 4.78 is 10.5. The van der Waals surface area contributed by atoms with Gasteiger partial charge in [0.1, 0.15) is 31.0 Å². The Morgan fingerprint density at radius 1 is 1.00 bits per heavy atom. The molecule has 1 N–H and O–H groups in total. The predicted molar refractivity (Wildman–Crippen MR) is 96.9 cm³/mol. The van der Waals surface area contributed by atoms with E-state index in [1.165, 1.54) is 0 Å². The minimum absolute atomic E-state index is 0.0212. The maximum atomic E-state index is 12.7. The van der Waals surface area contributed by atoms with Crippen molar-refractivity contribution < 1.29 is 23.9 Å². The van der Waals surface area contributed by atoms with Crippen molar-refractivity contribution in [2.75, 3.05) is 19.8 Å². The average Bonchev–Trinajstić information content (AvgIpc) is 2.91. The summed E-state index contributed by atoms with van der Waals surface area (Å²) in [6, 6.07) is 17.4. The Labute approximate surface area is 156 Å². The number of rotatable bonds is 7. The van der Waals surface area contributed by atoms with Gasteiger partial charge >= 0.3 is 12.0 Å². The zero-order valence-electron chi connectivity index (χ0n) is 14.9. The van der Waals surface area contributed by atoms with Crippen molar-refractivity contribution in [1.29, 1.82) is 0 Å². The summed E-state index contributed by atoms with van der Waals surface area (Å²) >= 11 is 0. The molecule has 140 valence electrons. The van der Waals surface area contributed by atoms with Crippen LogP contribution in [0.15, 0.2) is 60.7 Å². The van der Waals surface area contributed by atoms with Gasteiger partial charge in [0.05, 0.1) is 0 Å². The van der Waals surface area contributed by atoms with Crippen LogP contribution in [0.3, 0.4) is 0 Å². The van der Waals surface area contributed by atoms with Crippen LogP contribution in [-0.4, -0.2) is 42.6 Å². The number of carbonyl (C=O) groups is 3. The SMILES string of the molecule is C[C@]1(c2ccccc2)NC(=O)N(CC(=O)OCCOc2ccccc2)C1=O. The molecule has 0 radical (unpaired) electrons. The lowest BCUT2D eigenvalue weighted by Gasteiger charge is -2.21. The molecule has 0 bridgehead atoms. The van der Waals surface area contributed by atoms with E-state index < -0.39 is 30.0 Å².